The highest BCUT2D eigenvalue weighted by molar-refractivity contribution is 5.88. The summed E-state index contributed by atoms with van der Waals surface area (Å²) < 4.78 is 0. The Labute approximate surface area is 195 Å². The fourth-order valence-electron chi connectivity index (χ4n) is 4.58. The van der Waals surface area contributed by atoms with E-state index in [0.717, 1.165) is 65.9 Å². The first-order chi connectivity index (χ1) is 15.8. The summed E-state index contributed by atoms with van der Waals surface area (Å²) in [6.07, 6.45) is 3.90. The Kier molecular flexibility index (Phi) is 5.44. The number of nitrogens with one attached hydrogen (secondary N) is 2. The van der Waals surface area contributed by atoms with Gasteiger partial charge in [0, 0.05) is 44.1 Å². The molecule has 0 radical (unpaired) electrons. The summed E-state index contributed by atoms with van der Waals surface area (Å²) in [7, 11) is 0. The molecule has 1 aliphatic rings. The predicted molar refractivity (Wildman–Crippen MR) is 134 cm³/mol. The number of anilines is 1. The van der Waals surface area contributed by atoms with Gasteiger partial charge in [0.1, 0.15) is 17.2 Å². The van der Waals surface area contributed by atoms with E-state index in [1.807, 2.05) is 25.4 Å². The number of hydrogen-bond acceptors (Lipinski definition) is 5. The molecule has 7 nitrogen and oxygen atoms in total. The molecule has 1 aliphatic heterocycles. The van der Waals surface area contributed by atoms with Crippen LogP contribution in [0.3, 0.4) is 0 Å². The second-order valence-corrected chi connectivity index (χ2v) is 10.1. The Morgan fingerprint density at radius 1 is 0.970 bits per heavy atom. The highest BCUT2D eigenvalue weighted by Gasteiger charge is 2.25. The van der Waals surface area contributed by atoms with E-state index in [0.29, 0.717) is 6.04 Å². The zero-order valence-electron chi connectivity index (χ0n) is 20.2. The van der Waals surface area contributed by atoms with Crippen molar-refractivity contribution in [3.63, 3.8) is 0 Å². The fraction of sp³-hybridized carbons (Fsp3) is 0.423. The molecule has 0 aliphatic carbocycles. The number of aromatic nitrogens is 5. The van der Waals surface area contributed by atoms with Crippen molar-refractivity contribution in [2.24, 2.45) is 0 Å². The highest BCUT2D eigenvalue weighted by Crippen LogP contribution is 2.30. The molecule has 4 heterocycles. The van der Waals surface area contributed by atoms with Crippen LogP contribution < -0.4 is 4.90 Å². The summed E-state index contributed by atoms with van der Waals surface area (Å²) in [6, 6.07) is 11.0. The summed E-state index contributed by atoms with van der Waals surface area (Å²) in [5.41, 5.74) is 5.63. The van der Waals surface area contributed by atoms with Gasteiger partial charge < -0.3 is 14.9 Å². The number of pyridine rings is 1. The number of aromatic amines is 2. The molecule has 0 spiro atoms. The number of imidazole rings is 2. The van der Waals surface area contributed by atoms with E-state index in [1.54, 1.807) is 0 Å². The van der Waals surface area contributed by atoms with Crippen molar-refractivity contribution < 1.29 is 0 Å². The standard InChI is InChI=1S/C26H33N7/c1-17(22-16-28-18(2)29-22)32-12-14-33(15-13-32)25-23-21(10-11-27-25)30-24(31-23)19-6-8-20(9-7-19)26(3,4)5/h6-11,16-17H,12-15H2,1-5H3,(H,28,29)(H,30,31). The number of rotatable bonds is 4. The quantitative estimate of drug-likeness (QED) is 0.472. The molecule has 0 bridgehead atoms. The molecule has 33 heavy (non-hydrogen) atoms. The van der Waals surface area contributed by atoms with Gasteiger partial charge in [-0.3, -0.25) is 4.90 Å². The Hall–Kier alpha value is -3.19. The third-order valence-electron chi connectivity index (χ3n) is 6.72. The molecule has 1 atom stereocenters. The second kappa shape index (κ2) is 8.30. The van der Waals surface area contributed by atoms with Crippen molar-refractivity contribution in [3.8, 4) is 11.4 Å². The number of aryl methyl sites for hydroxylation is 1. The Bertz CT molecular complexity index is 1240. The zero-order valence-corrected chi connectivity index (χ0v) is 20.2. The topological polar surface area (TPSA) is 76.7 Å². The predicted octanol–water partition coefficient (Wildman–Crippen LogP) is 4.84. The van der Waals surface area contributed by atoms with Gasteiger partial charge in [-0.2, -0.15) is 0 Å². The van der Waals surface area contributed by atoms with Crippen LogP contribution in [0.5, 0.6) is 0 Å². The number of hydrogen-bond donors (Lipinski definition) is 2. The minimum Gasteiger partial charge on any atom is -0.352 e. The Balaban J connectivity index is 1.35. The van der Waals surface area contributed by atoms with Gasteiger partial charge in [0.2, 0.25) is 0 Å². The second-order valence-electron chi connectivity index (χ2n) is 10.1. The van der Waals surface area contributed by atoms with Crippen LogP contribution in [-0.2, 0) is 5.41 Å². The van der Waals surface area contributed by atoms with Crippen LogP contribution in [-0.4, -0.2) is 56.0 Å². The minimum absolute atomic E-state index is 0.138. The van der Waals surface area contributed by atoms with Gasteiger partial charge in [-0.15, -0.1) is 0 Å². The van der Waals surface area contributed by atoms with Gasteiger partial charge >= 0.3 is 0 Å². The molecule has 5 rings (SSSR count). The van der Waals surface area contributed by atoms with E-state index in [4.69, 9.17) is 9.97 Å². The number of nitrogens with zero attached hydrogens (tertiary/aromatic N) is 5. The average Bonchev–Trinajstić information content (AvgIpc) is 3.44. The maximum atomic E-state index is 4.97. The van der Waals surface area contributed by atoms with E-state index in [-0.39, 0.29) is 5.41 Å². The third kappa shape index (κ3) is 4.25. The van der Waals surface area contributed by atoms with Crippen LogP contribution in [0.1, 0.15) is 50.8 Å². The van der Waals surface area contributed by atoms with Crippen LogP contribution in [0.15, 0.2) is 42.7 Å². The van der Waals surface area contributed by atoms with Crippen LogP contribution in [0, 0.1) is 6.92 Å². The number of fused-ring (bicyclic) bond motifs is 1. The van der Waals surface area contributed by atoms with Crippen molar-refractivity contribution in [2.75, 3.05) is 31.1 Å². The lowest BCUT2D eigenvalue weighted by atomic mass is 9.87. The van der Waals surface area contributed by atoms with E-state index >= 15 is 0 Å². The zero-order chi connectivity index (χ0) is 23.2. The molecule has 4 aromatic rings. The fourth-order valence-corrected chi connectivity index (χ4v) is 4.58. The third-order valence-corrected chi connectivity index (χ3v) is 6.72. The highest BCUT2D eigenvalue weighted by atomic mass is 15.3. The van der Waals surface area contributed by atoms with Gasteiger partial charge in [0.05, 0.1) is 17.3 Å². The summed E-state index contributed by atoms with van der Waals surface area (Å²) in [6.45, 7) is 14.7. The van der Waals surface area contributed by atoms with Gasteiger partial charge in [0.25, 0.3) is 0 Å². The van der Waals surface area contributed by atoms with Crippen LogP contribution in [0.25, 0.3) is 22.4 Å². The molecular weight excluding hydrogens is 410 g/mol. The molecule has 0 amide bonds. The summed E-state index contributed by atoms with van der Waals surface area (Å²) >= 11 is 0. The summed E-state index contributed by atoms with van der Waals surface area (Å²) in [4.78, 5) is 25.8. The molecule has 0 saturated carbocycles. The molecule has 172 valence electrons. The van der Waals surface area contributed by atoms with Crippen molar-refractivity contribution in [3.05, 3.63) is 59.8 Å². The summed E-state index contributed by atoms with van der Waals surface area (Å²) in [5.74, 6) is 2.82. The first kappa shape index (κ1) is 21.6. The number of piperazine rings is 1. The van der Waals surface area contributed by atoms with E-state index in [1.165, 1.54) is 5.56 Å². The van der Waals surface area contributed by atoms with E-state index in [2.05, 4.69) is 76.7 Å². The molecule has 2 N–H and O–H groups in total. The lowest BCUT2D eigenvalue weighted by Crippen LogP contribution is -2.47. The lowest BCUT2D eigenvalue weighted by Gasteiger charge is -2.38. The molecule has 3 aromatic heterocycles. The van der Waals surface area contributed by atoms with Gasteiger partial charge in [-0.05, 0) is 30.9 Å². The molecule has 1 fully saturated rings. The number of benzene rings is 1. The monoisotopic (exact) mass is 443 g/mol. The van der Waals surface area contributed by atoms with Gasteiger partial charge in [0.15, 0.2) is 5.82 Å². The maximum Gasteiger partial charge on any atom is 0.156 e. The minimum atomic E-state index is 0.138. The SMILES string of the molecule is Cc1nc(C(C)N2CCN(c3nccc4[nH]c(-c5ccc(C(C)(C)C)cc5)nc34)CC2)c[nH]1. The van der Waals surface area contributed by atoms with Crippen molar-refractivity contribution in [2.45, 2.75) is 46.1 Å². The average molecular weight is 444 g/mol. The molecule has 1 unspecified atom stereocenters. The van der Waals surface area contributed by atoms with Crippen molar-refractivity contribution in [1.82, 2.24) is 29.8 Å². The Morgan fingerprint density at radius 2 is 1.70 bits per heavy atom. The van der Waals surface area contributed by atoms with Crippen molar-refractivity contribution in [1.29, 1.82) is 0 Å². The van der Waals surface area contributed by atoms with E-state index in [9.17, 15) is 0 Å². The molecule has 1 aromatic carbocycles. The van der Waals surface area contributed by atoms with Gasteiger partial charge in [-0.1, -0.05) is 45.0 Å². The number of H-pyrrole nitrogens is 2. The smallest absolute Gasteiger partial charge is 0.156 e. The normalized spacial score (nSPS) is 16.5. The van der Waals surface area contributed by atoms with Gasteiger partial charge in [-0.25, -0.2) is 15.0 Å². The van der Waals surface area contributed by atoms with E-state index < -0.39 is 0 Å². The molecular formula is C26H33N7. The molecule has 7 heteroatoms. The van der Waals surface area contributed by atoms with Crippen LogP contribution in [0.2, 0.25) is 0 Å². The summed E-state index contributed by atoms with van der Waals surface area (Å²) in [5, 5.41) is 0. The first-order valence-corrected chi connectivity index (χ1v) is 11.8. The van der Waals surface area contributed by atoms with Crippen LogP contribution >= 0.6 is 0 Å². The molecule has 1 saturated heterocycles. The van der Waals surface area contributed by atoms with Crippen molar-refractivity contribution >= 4 is 16.9 Å². The first-order valence-electron chi connectivity index (χ1n) is 11.8. The largest absolute Gasteiger partial charge is 0.352 e. The lowest BCUT2D eigenvalue weighted by molar-refractivity contribution is 0.195. The Morgan fingerprint density at radius 3 is 2.33 bits per heavy atom. The van der Waals surface area contributed by atoms with Crippen LogP contribution in [0.4, 0.5) is 5.82 Å². The maximum absolute atomic E-state index is 4.97.